The van der Waals surface area contributed by atoms with Crippen LogP contribution >= 0.6 is 0 Å². The first-order valence-corrected chi connectivity index (χ1v) is 5.03. The molecule has 0 aromatic heterocycles. The predicted octanol–water partition coefficient (Wildman–Crippen LogP) is 0.418. The molecule has 2 rings (SSSR count). The summed E-state index contributed by atoms with van der Waals surface area (Å²) in [5.41, 5.74) is 0. The summed E-state index contributed by atoms with van der Waals surface area (Å²) in [5.74, 6) is 0. The highest BCUT2D eigenvalue weighted by atomic mass is 16.5. The van der Waals surface area contributed by atoms with Crippen LogP contribution in [0.5, 0.6) is 0 Å². The molecule has 1 N–H and O–H groups in total. The Kier molecular flexibility index (Phi) is 2.98. The number of ether oxygens (including phenoxy) is 1. The average Bonchev–Trinajstić information content (AvgIpc) is 2.21. The molecular formula is C9H18N2O. The molecule has 2 saturated heterocycles. The fourth-order valence-corrected chi connectivity index (χ4v) is 1.99. The highest BCUT2D eigenvalue weighted by Crippen LogP contribution is 2.13. The maximum Gasteiger partial charge on any atom is 0.123 e. The van der Waals surface area contributed by atoms with E-state index in [9.17, 15) is 0 Å². The molecule has 2 fully saturated rings. The fourth-order valence-electron chi connectivity index (χ4n) is 1.99. The summed E-state index contributed by atoms with van der Waals surface area (Å²) in [6.45, 7) is 5.37. The lowest BCUT2D eigenvalue weighted by molar-refractivity contribution is -0.0814. The number of morpholine rings is 1. The molecule has 3 nitrogen and oxygen atoms in total. The summed E-state index contributed by atoms with van der Waals surface area (Å²) in [7, 11) is 0. The molecule has 0 bridgehead atoms. The van der Waals surface area contributed by atoms with Crippen LogP contribution in [0.15, 0.2) is 0 Å². The van der Waals surface area contributed by atoms with Crippen molar-refractivity contribution in [3.63, 3.8) is 0 Å². The third-order valence-corrected chi connectivity index (χ3v) is 2.71. The molecular weight excluding hydrogens is 152 g/mol. The van der Waals surface area contributed by atoms with Gasteiger partial charge in [-0.1, -0.05) is 6.42 Å². The molecule has 0 amide bonds. The number of hydrogen-bond donors (Lipinski definition) is 1. The Balaban J connectivity index is 1.80. The van der Waals surface area contributed by atoms with Crippen molar-refractivity contribution in [2.24, 2.45) is 0 Å². The van der Waals surface area contributed by atoms with Crippen molar-refractivity contribution >= 4 is 0 Å². The van der Waals surface area contributed by atoms with Crippen LogP contribution < -0.4 is 5.32 Å². The van der Waals surface area contributed by atoms with Crippen molar-refractivity contribution in [2.45, 2.75) is 25.5 Å². The van der Waals surface area contributed by atoms with Crippen LogP contribution in [0.2, 0.25) is 0 Å². The summed E-state index contributed by atoms with van der Waals surface area (Å²) in [6, 6.07) is 0. The topological polar surface area (TPSA) is 24.5 Å². The lowest BCUT2D eigenvalue weighted by Gasteiger charge is -2.36. The number of hydrogen-bond acceptors (Lipinski definition) is 3. The van der Waals surface area contributed by atoms with Crippen molar-refractivity contribution in [2.75, 3.05) is 32.8 Å². The molecule has 0 aliphatic carbocycles. The standard InChI is InChI=1S/C9H18N2O/c1-2-5-11(6-3-1)9-8-10-4-7-12-9/h9-10H,1-8H2. The number of likely N-dealkylation sites (tertiary alicyclic amines) is 1. The zero-order valence-corrected chi connectivity index (χ0v) is 7.59. The highest BCUT2D eigenvalue weighted by molar-refractivity contribution is 4.72. The molecule has 0 aromatic rings. The van der Waals surface area contributed by atoms with E-state index in [0.717, 1.165) is 19.7 Å². The van der Waals surface area contributed by atoms with Crippen molar-refractivity contribution in [1.82, 2.24) is 10.2 Å². The first-order chi connectivity index (χ1) is 5.97. The van der Waals surface area contributed by atoms with E-state index in [1.54, 1.807) is 0 Å². The van der Waals surface area contributed by atoms with Gasteiger partial charge in [-0.05, 0) is 12.8 Å². The zero-order valence-electron chi connectivity index (χ0n) is 7.59. The summed E-state index contributed by atoms with van der Waals surface area (Å²) in [6.07, 6.45) is 4.45. The molecule has 0 spiro atoms. The van der Waals surface area contributed by atoms with Crippen LogP contribution in [0.4, 0.5) is 0 Å². The van der Waals surface area contributed by atoms with Crippen molar-refractivity contribution in [3.05, 3.63) is 0 Å². The van der Waals surface area contributed by atoms with Gasteiger partial charge in [0.1, 0.15) is 6.23 Å². The van der Waals surface area contributed by atoms with Crippen LogP contribution in [-0.4, -0.2) is 43.9 Å². The van der Waals surface area contributed by atoms with Gasteiger partial charge in [0.25, 0.3) is 0 Å². The van der Waals surface area contributed by atoms with Crippen molar-refractivity contribution < 1.29 is 4.74 Å². The van der Waals surface area contributed by atoms with Gasteiger partial charge < -0.3 is 10.1 Å². The first kappa shape index (κ1) is 8.48. The van der Waals surface area contributed by atoms with Gasteiger partial charge in [0.2, 0.25) is 0 Å². The van der Waals surface area contributed by atoms with Gasteiger partial charge in [-0.2, -0.15) is 0 Å². The van der Waals surface area contributed by atoms with Gasteiger partial charge in [0, 0.05) is 26.2 Å². The molecule has 1 atom stereocenters. The van der Waals surface area contributed by atoms with Crippen molar-refractivity contribution in [3.8, 4) is 0 Å². The van der Waals surface area contributed by atoms with Gasteiger partial charge >= 0.3 is 0 Å². The summed E-state index contributed by atoms with van der Waals surface area (Å²) in [5, 5.41) is 3.37. The van der Waals surface area contributed by atoms with Gasteiger partial charge in [0.15, 0.2) is 0 Å². The second kappa shape index (κ2) is 4.21. The SMILES string of the molecule is C1CCN(C2CNCCO2)CC1. The molecule has 2 aliphatic heterocycles. The lowest BCUT2D eigenvalue weighted by atomic mass is 10.1. The third kappa shape index (κ3) is 1.97. The number of nitrogens with one attached hydrogen (secondary N) is 1. The molecule has 0 saturated carbocycles. The predicted molar refractivity (Wildman–Crippen MR) is 48.0 cm³/mol. The van der Waals surface area contributed by atoms with Crippen LogP contribution in [0, 0.1) is 0 Å². The Hall–Kier alpha value is -0.120. The molecule has 12 heavy (non-hydrogen) atoms. The van der Waals surface area contributed by atoms with E-state index in [1.165, 1.54) is 32.4 Å². The zero-order chi connectivity index (χ0) is 8.23. The maximum absolute atomic E-state index is 5.68. The molecule has 0 aromatic carbocycles. The van der Waals surface area contributed by atoms with E-state index < -0.39 is 0 Å². The Labute approximate surface area is 74.1 Å². The molecule has 1 unspecified atom stereocenters. The highest BCUT2D eigenvalue weighted by Gasteiger charge is 2.22. The number of nitrogens with zero attached hydrogens (tertiary/aromatic N) is 1. The van der Waals surface area contributed by atoms with Gasteiger partial charge in [-0.3, -0.25) is 4.90 Å². The van der Waals surface area contributed by atoms with Crippen LogP contribution in [-0.2, 0) is 4.74 Å². The van der Waals surface area contributed by atoms with Gasteiger partial charge in [-0.15, -0.1) is 0 Å². The Morgan fingerprint density at radius 3 is 2.67 bits per heavy atom. The van der Waals surface area contributed by atoms with Crippen LogP contribution in [0.25, 0.3) is 0 Å². The monoisotopic (exact) mass is 170 g/mol. The quantitative estimate of drug-likeness (QED) is 0.617. The lowest BCUT2D eigenvalue weighted by Crippen LogP contribution is -2.50. The number of piperidine rings is 1. The molecule has 2 aliphatic rings. The van der Waals surface area contributed by atoms with E-state index in [-0.39, 0.29) is 0 Å². The van der Waals surface area contributed by atoms with E-state index in [2.05, 4.69) is 10.2 Å². The summed E-state index contributed by atoms with van der Waals surface area (Å²) >= 11 is 0. The molecule has 0 radical (unpaired) electrons. The summed E-state index contributed by atoms with van der Waals surface area (Å²) in [4.78, 5) is 2.47. The minimum Gasteiger partial charge on any atom is -0.360 e. The summed E-state index contributed by atoms with van der Waals surface area (Å²) < 4.78 is 5.68. The minimum absolute atomic E-state index is 0.360. The Morgan fingerprint density at radius 2 is 2.00 bits per heavy atom. The average molecular weight is 170 g/mol. The van der Waals surface area contributed by atoms with E-state index >= 15 is 0 Å². The smallest absolute Gasteiger partial charge is 0.123 e. The molecule has 3 heteroatoms. The fraction of sp³-hybridized carbons (Fsp3) is 1.00. The molecule has 70 valence electrons. The normalized spacial score (nSPS) is 33.5. The maximum atomic E-state index is 5.68. The van der Waals surface area contributed by atoms with Crippen LogP contribution in [0.3, 0.4) is 0 Å². The second-order valence-electron chi connectivity index (χ2n) is 3.63. The third-order valence-electron chi connectivity index (χ3n) is 2.71. The van der Waals surface area contributed by atoms with E-state index in [0.29, 0.717) is 6.23 Å². The minimum atomic E-state index is 0.360. The first-order valence-electron chi connectivity index (χ1n) is 5.03. The molecule has 2 heterocycles. The van der Waals surface area contributed by atoms with Crippen molar-refractivity contribution in [1.29, 1.82) is 0 Å². The second-order valence-corrected chi connectivity index (χ2v) is 3.63. The largest absolute Gasteiger partial charge is 0.360 e. The van der Waals surface area contributed by atoms with Gasteiger partial charge in [-0.25, -0.2) is 0 Å². The van der Waals surface area contributed by atoms with E-state index in [1.807, 2.05) is 0 Å². The van der Waals surface area contributed by atoms with Crippen LogP contribution in [0.1, 0.15) is 19.3 Å². The van der Waals surface area contributed by atoms with E-state index in [4.69, 9.17) is 4.74 Å². The van der Waals surface area contributed by atoms with Gasteiger partial charge in [0.05, 0.1) is 6.61 Å². The Morgan fingerprint density at radius 1 is 1.17 bits per heavy atom. The Bertz CT molecular complexity index is 112. The number of rotatable bonds is 1.